The number of nitrogens with zero attached hydrogens (tertiary/aromatic N) is 1. The fourth-order valence-electron chi connectivity index (χ4n) is 1.62. The Bertz CT molecular complexity index is 497. The van der Waals surface area contributed by atoms with E-state index in [0.29, 0.717) is 0 Å². The van der Waals surface area contributed by atoms with Crippen LogP contribution in [0, 0.1) is 0 Å². The molecule has 0 fully saturated rings. The van der Waals surface area contributed by atoms with Crippen LogP contribution in [-0.2, 0) is 0 Å². The summed E-state index contributed by atoms with van der Waals surface area (Å²) in [6.45, 7) is 2.13. The molecular formula is C13H12Br2N2. The van der Waals surface area contributed by atoms with Gasteiger partial charge in [0, 0.05) is 10.5 Å². The minimum Gasteiger partial charge on any atom is -0.377 e. The van der Waals surface area contributed by atoms with Crippen LogP contribution in [0.3, 0.4) is 0 Å². The van der Waals surface area contributed by atoms with Crippen molar-refractivity contribution < 1.29 is 0 Å². The SMILES string of the molecule is CC(Nc1ccc(Br)nc1)c1ccccc1Br. The van der Waals surface area contributed by atoms with Crippen LogP contribution >= 0.6 is 31.9 Å². The van der Waals surface area contributed by atoms with Crippen LogP contribution in [0.25, 0.3) is 0 Å². The van der Waals surface area contributed by atoms with Crippen molar-refractivity contribution in [1.82, 2.24) is 4.98 Å². The molecule has 0 spiro atoms. The Morgan fingerprint density at radius 1 is 1.12 bits per heavy atom. The number of rotatable bonds is 3. The minimum absolute atomic E-state index is 0.230. The van der Waals surface area contributed by atoms with Gasteiger partial charge < -0.3 is 5.32 Å². The van der Waals surface area contributed by atoms with E-state index in [0.717, 1.165) is 14.8 Å². The summed E-state index contributed by atoms with van der Waals surface area (Å²) in [7, 11) is 0. The topological polar surface area (TPSA) is 24.9 Å². The number of benzene rings is 1. The standard InChI is InChI=1S/C13H12Br2N2/c1-9(11-4-2-3-5-12(11)14)17-10-6-7-13(15)16-8-10/h2-9,17H,1H3. The molecule has 1 heterocycles. The van der Waals surface area contributed by atoms with Gasteiger partial charge in [0.25, 0.3) is 0 Å². The Hall–Kier alpha value is -0.870. The largest absolute Gasteiger partial charge is 0.377 e. The zero-order valence-electron chi connectivity index (χ0n) is 9.32. The lowest BCUT2D eigenvalue weighted by Crippen LogP contribution is -2.07. The molecule has 2 aromatic rings. The van der Waals surface area contributed by atoms with Crippen molar-refractivity contribution in [2.24, 2.45) is 0 Å². The van der Waals surface area contributed by atoms with Gasteiger partial charge in [-0.2, -0.15) is 0 Å². The van der Waals surface area contributed by atoms with E-state index >= 15 is 0 Å². The number of pyridine rings is 1. The second-order valence-electron chi connectivity index (χ2n) is 3.76. The molecule has 0 radical (unpaired) electrons. The monoisotopic (exact) mass is 354 g/mol. The third-order valence-corrected chi connectivity index (χ3v) is 3.67. The maximum Gasteiger partial charge on any atom is 0.106 e. The molecule has 2 rings (SSSR count). The van der Waals surface area contributed by atoms with E-state index in [1.54, 1.807) is 0 Å². The molecule has 1 aromatic carbocycles. The number of hydrogen-bond donors (Lipinski definition) is 1. The fraction of sp³-hybridized carbons (Fsp3) is 0.154. The Morgan fingerprint density at radius 3 is 2.53 bits per heavy atom. The minimum atomic E-state index is 0.230. The molecule has 2 nitrogen and oxygen atoms in total. The number of halogens is 2. The average molecular weight is 356 g/mol. The summed E-state index contributed by atoms with van der Waals surface area (Å²) < 4.78 is 1.96. The highest BCUT2D eigenvalue weighted by Crippen LogP contribution is 2.25. The predicted octanol–water partition coefficient (Wildman–Crippen LogP) is 4.78. The van der Waals surface area contributed by atoms with Crippen LogP contribution in [0.4, 0.5) is 5.69 Å². The highest BCUT2D eigenvalue weighted by atomic mass is 79.9. The van der Waals surface area contributed by atoms with Crippen molar-refractivity contribution in [1.29, 1.82) is 0 Å². The lowest BCUT2D eigenvalue weighted by Gasteiger charge is -2.16. The van der Waals surface area contributed by atoms with Gasteiger partial charge in [-0.05, 0) is 46.6 Å². The zero-order chi connectivity index (χ0) is 12.3. The van der Waals surface area contributed by atoms with Crippen molar-refractivity contribution in [2.75, 3.05) is 5.32 Å². The highest BCUT2D eigenvalue weighted by molar-refractivity contribution is 9.10. The zero-order valence-corrected chi connectivity index (χ0v) is 12.5. The predicted molar refractivity (Wildman–Crippen MR) is 78.1 cm³/mol. The van der Waals surface area contributed by atoms with Gasteiger partial charge in [0.15, 0.2) is 0 Å². The molecule has 1 aromatic heterocycles. The summed E-state index contributed by atoms with van der Waals surface area (Å²) >= 11 is 6.88. The Labute approximate surface area is 118 Å². The summed E-state index contributed by atoms with van der Waals surface area (Å²) in [6.07, 6.45) is 1.82. The van der Waals surface area contributed by atoms with E-state index in [1.807, 2.05) is 36.5 Å². The lowest BCUT2D eigenvalue weighted by atomic mass is 10.1. The van der Waals surface area contributed by atoms with E-state index in [2.05, 4.69) is 55.2 Å². The van der Waals surface area contributed by atoms with Crippen LogP contribution in [0.1, 0.15) is 18.5 Å². The first kappa shape index (κ1) is 12.6. The van der Waals surface area contributed by atoms with Crippen molar-refractivity contribution >= 4 is 37.5 Å². The van der Waals surface area contributed by atoms with Gasteiger partial charge in [0.2, 0.25) is 0 Å². The molecule has 4 heteroatoms. The van der Waals surface area contributed by atoms with Gasteiger partial charge in [-0.25, -0.2) is 4.98 Å². The van der Waals surface area contributed by atoms with Gasteiger partial charge in [-0.3, -0.25) is 0 Å². The van der Waals surface area contributed by atoms with Crippen LogP contribution < -0.4 is 5.32 Å². The number of nitrogens with one attached hydrogen (secondary N) is 1. The third kappa shape index (κ3) is 3.30. The van der Waals surface area contributed by atoms with Crippen molar-refractivity contribution in [3.05, 3.63) is 57.2 Å². The summed E-state index contributed by atoms with van der Waals surface area (Å²) in [5.41, 5.74) is 2.24. The first-order valence-electron chi connectivity index (χ1n) is 5.29. The molecule has 0 saturated heterocycles. The van der Waals surface area contributed by atoms with Gasteiger partial charge in [-0.1, -0.05) is 34.1 Å². The van der Waals surface area contributed by atoms with Crippen LogP contribution in [0.15, 0.2) is 51.7 Å². The molecule has 0 aliphatic carbocycles. The molecule has 0 bridgehead atoms. The van der Waals surface area contributed by atoms with Gasteiger partial charge in [0.05, 0.1) is 11.9 Å². The van der Waals surface area contributed by atoms with E-state index < -0.39 is 0 Å². The Morgan fingerprint density at radius 2 is 1.88 bits per heavy atom. The number of anilines is 1. The quantitative estimate of drug-likeness (QED) is 0.801. The van der Waals surface area contributed by atoms with Gasteiger partial charge in [-0.15, -0.1) is 0 Å². The van der Waals surface area contributed by atoms with Crippen molar-refractivity contribution in [3.63, 3.8) is 0 Å². The molecule has 1 atom stereocenters. The lowest BCUT2D eigenvalue weighted by molar-refractivity contribution is 0.877. The number of aromatic nitrogens is 1. The summed E-state index contributed by atoms with van der Waals surface area (Å²) in [4.78, 5) is 4.19. The molecular weight excluding hydrogens is 344 g/mol. The third-order valence-electron chi connectivity index (χ3n) is 2.48. The van der Waals surface area contributed by atoms with Crippen molar-refractivity contribution in [3.8, 4) is 0 Å². The first-order chi connectivity index (χ1) is 8.16. The van der Waals surface area contributed by atoms with E-state index in [4.69, 9.17) is 0 Å². The Kier molecular flexibility index (Phi) is 4.18. The normalized spacial score (nSPS) is 12.2. The van der Waals surface area contributed by atoms with Crippen LogP contribution in [0.2, 0.25) is 0 Å². The fourth-order valence-corrected chi connectivity index (χ4v) is 2.48. The second kappa shape index (κ2) is 5.65. The van der Waals surface area contributed by atoms with Gasteiger partial charge in [0.1, 0.15) is 4.60 Å². The molecule has 17 heavy (non-hydrogen) atoms. The molecule has 0 amide bonds. The maximum atomic E-state index is 4.19. The van der Waals surface area contributed by atoms with Gasteiger partial charge >= 0.3 is 0 Å². The molecule has 88 valence electrons. The van der Waals surface area contributed by atoms with Crippen molar-refractivity contribution in [2.45, 2.75) is 13.0 Å². The van der Waals surface area contributed by atoms with E-state index in [1.165, 1.54) is 5.56 Å². The summed E-state index contributed by atoms with van der Waals surface area (Å²) in [6, 6.07) is 12.4. The molecule has 1 N–H and O–H groups in total. The smallest absolute Gasteiger partial charge is 0.106 e. The highest BCUT2D eigenvalue weighted by Gasteiger charge is 2.08. The molecule has 1 unspecified atom stereocenters. The van der Waals surface area contributed by atoms with Crippen LogP contribution in [-0.4, -0.2) is 4.98 Å². The van der Waals surface area contributed by atoms with E-state index in [9.17, 15) is 0 Å². The molecule has 0 aliphatic rings. The molecule has 0 aliphatic heterocycles. The Balaban J connectivity index is 2.14. The second-order valence-corrected chi connectivity index (χ2v) is 5.42. The summed E-state index contributed by atoms with van der Waals surface area (Å²) in [5, 5.41) is 3.41. The first-order valence-corrected chi connectivity index (χ1v) is 6.88. The van der Waals surface area contributed by atoms with E-state index in [-0.39, 0.29) is 6.04 Å². The van der Waals surface area contributed by atoms with Crippen LogP contribution in [0.5, 0.6) is 0 Å². The number of hydrogen-bond acceptors (Lipinski definition) is 2. The summed E-state index contributed by atoms with van der Waals surface area (Å²) in [5.74, 6) is 0. The maximum absolute atomic E-state index is 4.19. The average Bonchev–Trinajstić information content (AvgIpc) is 2.32. The molecule has 0 saturated carbocycles.